The molecule has 0 amide bonds. The van der Waals surface area contributed by atoms with Gasteiger partial charge in [0.05, 0.1) is 6.61 Å². The Labute approximate surface area is 92.9 Å². The zero-order valence-electron chi connectivity index (χ0n) is 8.68. The first-order valence-corrected chi connectivity index (χ1v) is 5.27. The van der Waals surface area contributed by atoms with Gasteiger partial charge in [-0.25, -0.2) is 4.98 Å². The van der Waals surface area contributed by atoms with Gasteiger partial charge in [0.15, 0.2) is 0 Å². The molecule has 0 spiro atoms. The van der Waals surface area contributed by atoms with Crippen LogP contribution in [0.4, 0.5) is 0 Å². The molecule has 1 aromatic carbocycles. The predicted octanol–water partition coefficient (Wildman–Crippen LogP) is 1.43. The Morgan fingerprint density at radius 2 is 2.38 bits per heavy atom. The van der Waals surface area contributed by atoms with Gasteiger partial charge in [0, 0.05) is 18.8 Å². The minimum Gasteiger partial charge on any atom is -0.493 e. The van der Waals surface area contributed by atoms with Crippen molar-refractivity contribution in [2.75, 3.05) is 6.61 Å². The third-order valence-electron chi connectivity index (χ3n) is 2.81. The largest absolute Gasteiger partial charge is 0.493 e. The van der Waals surface area contributed by atoms with E-state index in [-0.39, 0.29) is 0 Å². The first-order chi connectivity index (χ1) is 7.84. The molecule has 1 unspecified atom stereocenters. The van der Waals surface area contributed by atoms with Crippen LogP contribution in [0.2, 0.25) is 0 Å². The van der Waals surface area contributed by atoms with Crippen LogP contribution in [0, 0.1) is 0 Å². The van der Waals surface area contributed by atoms with E-state index in [0.29, 0.717) is 5.82 Å². The van der Waals surface area contributed by atoms with Gasteiger partial charge < -0.3 is 14.8 Å². The number of hydrogen-bond acceptors (Lipinski definition) is 3. The van der Waals surface area contributed by atoms with Gasteiger partial charge in [-0.3, -0.25) is 0 Å². The highest BCUT2D eigenvalue weighted by Gasteiger charge is 2.17. The number of aliphatic hydroxyl groups excluding tert-OH is 1. The normalized spacial score (nSPS) is 15.6. The molecule has 16 heavy (non-hydrogen) atoms. The van der Waals surface area contributed by atoms with Crippen molar-refractivity contribution in [3.63, 3.8) is 0 Å². The number of aromatic amines is 1. The van der Waals surface area contributed by atoms with E-state index in [9.17, 15) is 5.11 Å². The summed E-state index contributed by atoms with van der Waals surface area (Å²) in [4.78, 5) is 6.96. The molecule has 0 aliphatic carbocycles. The maximum atomic E-state index is 10.1. The van der Waals surface area contributed by atoms with E-state index < -0.39 is 6.10 Å². The average Bonchev–Trinajstić information content (AvgIpc) is 2.98. The number of aromatic nitrogens is 2. The number of nitrogens with zero attached hydrogens (tertiary/aromatic N) is 1. The van der Waals surface area contributed by atoms with E-state index in [1.54, 1.807) is 12.4 Å². The van der Waals surface area contributed by atoms with E-state index in [1.807, 2.05) is 18.2 Å². The summed E-state index contributed by atoms with van der Waals surface area (Å²) in [5.74, 6) is 1.49. The second kappa shape index (κ2) is 3.64. The van der Waals surface area contributed by atoms with Gasteiger partial charge in [0.25, 0.3) is 0 Å². The standard InChI is InChI=1S/C12H12N2O2/c15-11(12-13-4-5-14-12)9-1-2-10-8(7-9)3-6-16-10/h1-2,4-5,7,11,15H,3,6H2,(H,13,14). The number of rotatable bonds is 2. The summed E-state index contributed by atoms with van der Waals surface area (Å²) in [7, 11) is 0. The Bertz CT molecular complexity index is 494. The van der Waals surface area contributed by atoms with Crippen molar-refractivity contribution in [1.29, 1.82) is 0 Å². The van der Waals surface area contributed by atoms with Crippen molar-refractivity contribution < 1.29 is 9.84 Å². The zero-order valence-corrected chi connectivity index (χ0v) is 8.68. The highest BCUT2D eigenvalue weighted by Crippen LogP contribution is 2.29. The molecule has 0 saturated carbocycles. The smallest absolute Gasteiger partial charge is 0.139 e. The quantitative estimate of drug-likeness (QED) is 0.798. The van der Waals surface area contributed by atoms with Crippen LogP contribution in [0.15, 0.2) is 30.6 Å². The van der Waals surface area contributed by atoms with Gasteiger partial charge in [0.2, 0.25) is 0 Å². The lowest BCUT2D eigenvalue weighted by Crippen LogP contribution is -2.02. The second-order valence-corrected chi connectivity index (χ2v) is 3.84. The zero-order chi connectivity index (χ0) is 11.0. The Morgan fingerprint density at radius 1 is 1.44 bits per heavy atom. The maximum Gasteiger partial charge on any atom is 0.139 e. The van der Waals surface area contributed by atoms with Crippen LogP contribution in [0.3, 0.4) is 0 Å². The molecule has 4 heteroatoms. The minimum absolute atomic E-state index is 0.568. The van der Waals surface area contributed by atoms with E-state index in [0.717, 1.165) is 29.9 Å². The number of H-pyrrole nitrogens is 1. The highest BCUT2D eigenvalue weighted by atomic mass is 16.5. The van der Waals surface area contributed by atoms with Crippen molar-refractivity contribution in [3.05, 3.63) is 47.5 Å². The van der Waals surface area contributed by atoms with E-state index >= 15 is 0 Å². The molecule has 0 radical (unpaired) electrons. The lowest BCUT2D eigenvalue weighted by atomic mass is 10.0. The van der Waals surface area contributed by atoms with Gasteiger partial charge >= 0.3 is 0 Å². The molecule has 1 aromatic heterocycles. The fraction of sp³-hybridized carbons (Fsp3) is 0.250. The van der Waals surface area contributed by atoms with Gasteiger partial charge in [0.1, 0.15) is 17.7 Å². The number of nitrogens with one attached hydrogen (secondary N) is 1. The fourth-order valence-corrected chi connectivity index (χ4v) is 1.96. The molecule has 1 atom stereocenters. The number of imidazole rings is 1. The molecule has 1 aliphatic heterocycles. The topological polar surface area (TPSA) is 58.1 Å². The fourth-order valence-electron chi connectivity index (χ4n) is 1.96. The van der Waals surface area contributed by atoms with Crippen LogP contribution in [0.25, 0.3) is 0 Å². The molecular weight excluding hydrogens is 204 g/mol. The number of hydrogen-bond donors (Lipinski definition) is 2. The van der Waals surface area contributed by atoms with Crippen molar-refractivity contribution in [2.24, 2.45) is 0 Å². The molecule has 3 rings (SSSR count). The summed E-state index contributed by atoms with van der Waals surface area (Å²) < 4.78 is 5.42. The Hall–Kier alpha value is -1.81. The van der Waals surface area contributed by atoms with Crippen LogP contribution in [0.1, 0.15) is 23.1 Å². The van der Waals surface area contributed by atoms with Crippen molar-refractivity contribution >= 4 is 0 Å². The molecule has 1 aliphatic rings. The Morgan fingerprint density at radius 3 is 3.19 bits per heavy atom. The first-order valence-electron chi connectivity index (χ1n) is 5.27. The molecule has 0 saturated heterocycles. The molecule has 2 aromatic rings. The second-order valence-electron chi connectivity index (χ2n) is 3.84. The van der Waals surface area contributed by atoms with Crippen LogP contribution in [-0.2, 0) is 6.42 Å². The monoisotopic (exact) mass is 216 g/mol. The van der Waals surface area contributed by atoms with Crippen LogP contribution in [0.5, 0.6) is 5.75 Å². The third kappa shape index (κ3) is 1.47. The summed E-state index contributed by atoms with van der Waals surface area (Å²) in [6.07, 6.45) is 3.55. The molecule has 82 valence electrons. The van der Waals surface area contributed by atoms with Crippen molar-refractivity contribution in [2.45, 2.75) is 12.5 Å². The van der Waals surface area contributed by atoms with Gasteiger partial charge in [-0.15, -0.1) is 0 Å². The molecule has 0 bridgehead atoms. The van der Waals surface area contributed by atoms with Crippen LogP contribution >= 0.6 is 0 Å². The van der Waals surface area contributed by atoms with Gasteiger partial charge in [-0.1, -0.05) is 6.07 Å². The molecule has 2 N–H and O–H groups in total. The summed E-state index contributed by atoms with van der Waals surface area (Å²) in [5.41, 5.74) is 2.00. The summed E-state index contributed by atoms with van der Waals surface area (Å²) in [6.45, 7) is 0.732. The summed E-state index contributed by atoms with van der Waals surface area (Å²) in [6, 6.07) is 5.76. The molecular formula is C12H12N2O2. The molecule has 0 fully saturated rings. The SMILES string of the molecule is OC(c1ccc2c(c1)CCO2)c1ncc[nH]1. The number of benzene rings is 1. The van der Waals surface area contributed by atoms with Gasteiger partial charge in [-0.05, 0) is 23.3 Å². The Kier molecular flexibility index (Phi) is 2.15. The summed E-state index contributed by atoms with van der Waals surface area (Å²) >= 11 is 0. The third-order valence-corrected chi connectivity index (χ3v) is 2.81. The minimum atomic E-state index is -0.694. The predicted molar refractivity (Wildman–Crippen MR) is 58.3 cm³/mol. The average molecular weight is 216 g/mol. The number of fused-ring (bicyclic) bond motifs is 1. The van der Waals surface area contributed by atoms with Crippen molar-refractivity contribution in [1.82, 2.24) is 9.97 Å². The molecule has 4 nitrogen and oxygen atoms in total. The molecule has 2 heterocycles. The lowest BCUT2D eigenvalue weighted by Gasteiger charge is -2.09. The maximum absolute atomic E-state index is 10.1. The first kappa shape index (κ1) is 9.42. The lowest BCUT2D eigenvalue weighted by molar-refractivity contribution is 0.211. The Balaban J connectivity index is 1.95. The number of ether oxygens (including phenoxy) is 1. The van der Waals surface area contributed by atoms with Gasteiger partial charge in [-0.2, -0.15) is 0 Å². The van der Waals surface area contributed by atoms with Crippen LogP contribution < -0.4 is 4.74 Å². The van der Waals surface area contributed by atoms with Crippen LogP contribution in [-0.4, -0.2) is 21.7 Å². The van der Waals surface area contributed by atoms with Crippen molar-refractivity contribution in [3.8, 4) is 5.75 Å². The summed E-state index contributed by atoms with van der Waals surface area (Å²) in [5, 5.41) is 10.1. The van der Waals surface area contributed by atoms with E-state index in [4.69, 9.17) is 4.74 Å². The van der Waals surface area contributed by atoms with E-state index in [1.165, 1.54) is 0 Å². The van der Waals surface area contributed by atoms with E-state index in [2.05, 4.69) is 9.97 Å². The highest BCUT2D eigenvalue weighted by molar-refractivity contribution is 5.41. The number of aliphatic hydroxyl groups is 1.